The fraction of sp³-hybridized carbons (Fsp3) is 0.667. The third kappa shape index (κ3) is 3.98. The minimum atomic E-state index is -0.303. The van der Waals surface area contributed by atoms with Crippen molar-refractivity contribution in [3.63, 3.8) is 0 Å². The Kier molecular flexibility index (Phi) is 5.25. The minimum absolute atomic E-state index is 0.204. The first kappa shape index (κ1) is 15.9. The number of aryl methyl sites for hydroxylation is 1. The summed E-state index contributed by atoms with van der Waals surface area (Å²) in [5.74, 6) is 0.706. The van der Waals surface area contributed by atoms with Crippen molar-refractivity contribution in [2.75, 3.05) is 26.7 Å². The first-order valence-electron chi connectivity index (χ1n) is 7.47. The summed E-state index contributed by atoms with van der Waals surface area (Å²) >= 11 is 0. The number of rotatable bonds is 5. The number of hydrogen-bond acceptors (Lipinski definition) is 5. The molecule has 0 aliphatic carbocycles. The maximum absolute atomic E-state index is 11.2. The van der Waals surface area contributed by atoms with E-state index >= 15 is 0 Å². The second kappa shape index (κ2) is 6.95. The molecule has 1 saturated heterocycles. The standard InChI is InChI=1S/C15H24N4O2/c1-11-8-17-14(12(2)15(11)19(20)21)10-18(3)9-13-4-6-16-7-5-13/h8,13,16H,4-7,9-10H2,1-3H3. The molecule has 1 fully saturated rings. The van der Waals surface area contributed by atoms with E-state index in [1.54, 1.807) is 20.0 Å². The fourth-order valence-corrected chi connectivity index (χ4v) is 3.03. The molecule has 2 heterocycles. The number of piperidine rings is 1. The van der Waals surface area contributed by atoms with Gasteiger partial charge in [-0.05, 0) is 52.7 Å². The van der Waals surface area contributed by atoms with Crippen LogP contribution < -0.4 is 5.32 Å². The molecule has 6 nitrogen and oxygen atoms in total. The molecule has 0 atom stereocenters. The topological polar surface area (TPSA) is 71.3 Å². The number of aromatic nitrogens is 1. The molecule has 1 aliphatic rings. The van der Waals surface area contributed by atoms with E-state index in [1.807, 2.05) is 0 Å². The highest BCUT2D eigenvalue weighted by molar-refractivity contribution is 5.47. The van der Waals surface area contributed by atoms with Gasteiger partial charge >= 0.3 is 0 Å². The van der Waals surface area contributed by atoms with Gasteiger partial charge in [-0.1, -0.05) is 0 Å². The summed E-state index contributed by atoms with van der Waals surface area (Å²) in [6.45, 7) is 7.39. The minimum Gasteiger partial charge on any atom is -0.317 e. The van der Waals surface area contributed by atoms with Gasteiger partial charge in [-0.25, -0.2) is 0 Å². The van der Waals surface area contributed by atoms with Crippen LogP contribution in [0.4, 0.5) is 5.69 Å². The van der Waals surface area contributed by atoms with Gasteiger partial charge in [0, 0.05) is 30.4 Å². The van der Waals surface area contributed by atoms with Crippen LogP contribution in [0.15, 0.2) is 6.20 Å². The van der Waals surface area contributed by atoms with Crippen LogP contribution in [-0.2, 0) is 6.54 Å². The smallest absolute Gasteiger partial charge is 0.278 e. The van der Waals surface area contributed by atoms with Crippen molar-refractivity contribution in [3.8, 4) is 0 Å². The lowest BCUT2D eigenvalue weighted by Gasteiger charge is -2.27. The van der Waals surface area contributed by atoms with Crippen molar-refractivity contribution in [1.82, 2.24) is 15.2 Å². The van der Waals surface area contributed by atoms with E-state index in [9.17, 15) is 10.1 Å². The third-order valence-corrected chi connectivity index (χ3v) is 4.21. The molecule has 0 aromatic carbocycles. The van der Waals surface area contributed by atoms with Gasteiger partial charge in [0.05, 0.1) is 10.6 Å². The Morgan fingerprint density at radius 2 is 2.10 bits per heavy atom. The normalized spacial score (nSPS) is 16.4. The first-order chi connectivity index (χ1) is 9.99. The Morgan fingerprint density at radius 1 is 1.43 bits per heavy atom. The fourth-order valence-electron chi connectivity index (χ4n) is 3.03. The van der Waals surface area contributed by atoms with Gasteiger partial charge in [0.1, 0.15) is 0 Å². The van der Waals surface area contributed by atoms with Crippen molar-refractivity contribution in [2.24, 2.45) is 5.92 Å². The van der Waals surface area contributed by atoms with Crippen LogP contribution in [0.3, 0.4) is 0 Å². The van der Waals surface area contributed by atoms with Crippen molar-refractivity contribution in [1.29, 1.82) is 0 Å². The van der Waals surface area contributed by atoms with Crippen LogP contribution in [0, 0.1) is 29.9 Å². The van der Waals surface area contributed by atoms with E-state index in [0.717, 1.165) is 25.3 Å². The average Bonchev–Trinajstić information content (AvgIpc) is 2.43. The second-order valence-electron chi connectivity index (χ2n) is 6.01. The van der Waals surface area contributed by atoms with E-state index < -0.39 is 0 Å². The first-order valence-corrected chi connectivity index (χ1v) is 7.47. The third-order valence-electron chi connectivity index (χ3n) is 4.21. The Hall–Kier alpha value is -1.53. The molecule has 2 rings (SSSR count). The number of nitrogens with zero attached hydrogens (tertiary/aromatic N) is 3. The van der Waals surface area contributed by atoms with Gasteiger partial charge in [-0.15, -0.1) is 0 Å². The molecule has 0 saturated carbocycles. The lowest BCUT2D eigenvalue weighted by molar-refractivity contribution is -0.386. The van der Waals surface area contributed by atoms with Crippen LogP contribution in [0.2, 0.25) is 0 Å². The molecule has 0 amide bonds. The Morgan fingerprint density at radius 3 is 2.71 bits per heavy atom. The molecule has 21 heavy (non-hydrogen) atoms. The van der Waals surface area contributed by atoms with Crippen molar-refractivity contribution in [2.45, 2.75) is 33.2 Å². The maximum Gasteiger partial charge on any atom is 0.278 e. The molecular formula is C15H24N4O2. The van der Waals surface area contributed by atoms with Crippen LogP contribution >= 0.6 is 0 Å². The number of hydrogen-bond donors (Lipinski definition) is 1. The highest BCUT2D eigenvalue weighted by Gasteiger charge is 2.20. The summed E-state index contributed by atoms with van der Waals surface area (Å²) in [4.78, 5) is 17.5. The summed E-state index contributed by atoms with van der Waals surface area (Å²) < 4.78 is 0. The van der Waals surface area contributed by atoms with Crippen molar-refractivity contribution < 1.29 is 4.92 Å². The van der Waals surface area contributed by atoms with Crippen LogP contribution in [0.5, 0.6) is 0 Å². The van der Waals surface area contributed by atoms with E-state index in [2.05, 4.69) is 22.2 Å². The molecule has 0 bridgehead atoms. The predicted molar refractivity (Wildman–Crippen MR) is 82.3 cm³/mol. The summed E-state index contributed by atoms with van der Waals surface area (Å²) in [5.41, 5.74) is 2.33. The molecule has 6 heteroatoms. The Balaban J connectivity index is 2.05. The van der Waals surface area contributed by atoms with E-state index in [0.29, 0.717) is 23.6 Å². The highest BCUT2D eigenvalue weighted by atomic mass is 16.6. The van der Waals surface area contributed by atoms with E-state index in [1.165, 1.54) is 12.8 Å². The zero-order chi connectivity index (χ0) is 15.4. The SMILES string of the molecule is Cc1cnc(CN(C)CC2CCNCC2)c(C)c1[N+](=O)[O-]. The predicted octanol–water partition coefficient (Wildman–Crippen LogP) is 2.04. The van der Waals surface area contributed by atoms with Crippen molar-refractivity contribution >= 4 is 5.69 Å². The summed E-state index contributed by atoms with van der Waals surface area (Å²) in [6, 6.07) is 0. The molecule has 1 aromatic rings. The van der Waals surface area contributed by atoms with Crippen molar-refractivity contribution in [3.05, 3.63) is 33.1 Å². The summed E-state index contributed by atoms with van der Waals surface area (Å²) in [6.07, 6.45) is 4.01. The molecule has 1 N–H and O–H groups in total. The largest absolute Gasteiger partial charge is 0.317 e. The van der Waals surface area contributed by atoms with Gasteiger partial charge < -0.3 is 10.2 Å². The molecule has 116 valence electrons. The van der Waals surface area contributed by atoms with Crippen LogP contribution in [-0.4, -0.2) is 41.5 Å². The second-order valence-corrected chi connectivity index (χ2v) is 6.01. The van der Waals surface area contributed by atoms with Gasteiger partial charge in [0.25, 0.3) is 5.69 Å². The van der Waals surface area contributed by atoms with E-state index in [4.69, 9.17) is 0 Å². The number of pyridine rings is 1. The van der Waals surface area contributed by atoms with Crippen LogP contribution in [0.25, 0.3) is 0 Å². The molecule has 1 aliphatic heterocycles. The average molecular weight is 292 g/mol. The molecule has 1 aromatic heterocycles. The molecular weight excluding hydrogens is 268 g/mol. The Labute approximate surface area is 125 Å². The van der Waals surface area contributed by atoms with Crippen LogP contribution in [0.1, 0.15) is 29.7 Å². The maximum atomic E-state index is 11.2. The monoisotopic (exact) mass is 292 g/mol. The van der Waals surface area contributed by atoms with Gasteiger partial charge in [0.2, 0.25) is 0 Å². The lowest BCUT2D eigenvalue weighted by Crippen LogP contribution is -2.34. The molecule has 0 unspecified atom stereocenters. The van der Waals surface area contributed by atoms with Gasteiger partial charge in [0.15, 0.2) is 0 Å². The zero-order valence-electron chi connectivity index (χ0n) is 13.1. The summed E-state index contributed by atoms with van der Waals surface area (Å²) in [7, 11) is 2.06. The van der Waals surface area contributed by atoms with E-state index in [-0.39, 0.29) is 10.6 Å². The number of nitrogens with one attached hydrogen (secondary N) is 1. The lowest BCUT2D eigenvalue weighted by atomic mass is 9.97. The zero-order valence-corrected chi connectivity index (χ0v) is 13.1. The summed E-state index contributed by atoms with van der Waals surface area (Å²) in [5, 5.41) is 14.5. The Bertz CT molecular complexity index is 513. The van der Waals surface area contributed by atoms with Gasteiger partial charge in [-0.3, -0.25) is 15.1 Å². The quantitative estimate of drug-likeness (QED) is 0.664. The molecule has 0 radical (unpaired) electrons. The molecule has 0 spiro atoms. The number of nitro groups is 1. The van der Waals surface area contributed by atoms with Gasteiger partial charge in [-0.2, -0.15) is 0 Å². The highest BCUT2D eigenvalue weighted by Crippen LogP contribution is 2.25.